The van der Waals surface area contributed by atoms with Crippen LogP contribution in [0.1, 0.15) is 36.0 Å². The molecule has 0 saturated heterocycles. The van der Waals surface area contributed by atoms with E-state index in [4.69, 9.17) is 14.2 Å². The van der Waals surface area contributed by atoms with Crippen molar-refractivity contribution >= 4 is 5.91 Å². The number of carbonyl (C=O) groups excluding carboxylic acids is 1. The summed E-state index contributed by atoms with van der Waals surface area (Å²) in [6.07, 6.45) is 4.70. The standard InChI is InChI=1S/C21H24FNO4/c1-25-20-13-15(9-10-19(20)27-17-6-2-3-7-17)21(24)23-11-12-26-18-8-4-5-16(22)14-18/h4-5,8-10,13-14,17H,2-3,6-7,11-12H2,1H3,(H,23,24). The quantitative estimate of drug-likeness (QED) is 0.712. The van der Waals surface area contributed by atoms with Crippen LogP contribution in [0.3, 0.4) is 0 Å². The van der Waals surface area contributed by atoms with E-state index in [0.717, 1.165) is 12.8 Å². The summed E-state index contributed by atoms with van der Waals surface area (Å²) in [5.41, 5.74) is 0.483. The van der Waals surface area contributed by atoms with Gasteiger partial charge in [0, 0.05) is 11.6 Å². The van der Waals surface area contributed by atoms with Crippen LogP contribution in [0.2, 0.25) is 0 Å². The fraction of sp³-hybridized carbons (Fsp3) is 0.381. The Labute approximate surface area is 158 Å². The minimum atomic E-state index is -0.358. The zero-order chi connectivity index (χ0) is 19.1. The Balaban J connectivity index is 1.51. The van der Waals surface area contributed by atoms with Gasteiger partial charge in [0.1, 0.15) is 18.2 Å². The van der Waals surface area contributed by atoms with Crippen molar-refractivity contribution in [1.29, 1.82) is 0 Å². The Kier molecular flexibility index (Phi) is 6.52. The molecular weight excluding hydrogens is 349 g/mol. The molecule has 0 spiro atoms. The van der Waals surface area contributed by atoms with Crippen LogP contribution >= 0.6 is 0 Å². The number of amides is 1. The van der Waals surface area contributed by atoms with Crippen LogP contribution in [0.5, 0.6) is 17.2 Å². The number of rotatable bonds is 8. The van der Waals surface area contributed by atoms with Gasteiger partial charge in [-0.05, 0) is 56.0 Å². The summed E-state index contributed by atoms with van der Waals surface area (Å²) in [7, 11) is 1.56. The summed E-state index contributed by atoms with van der Waals surface area (Å²) in [4.78, 5) is 12.3. The predicted molar refractivity (Wildman–Crippen MR) is 100 cm³/mol. The topological polar surface area (TPSA) is 56.8 Å². The zero-order valence-electron chi connectivity index (χ0n) is 15.4. The van der Waals surface area contributed by atoms with Gasteiger partial charge in [0.25, 0.3) is 5.91 Å². The third kappa shape index (κ3) is 5.36. The molecule has 6 heteroatoms. The highest BCUT2D eigenvalue weighted by atomic mass is 19.1. The fourth-order valence-corrected chi connectivity index (χ4v) is 3.08. The lowest BCUT2D eigenvalue weighted by atomic mass is 10.2. The van der Waals surface area contributed by atoms with E-state index < -0.39 is 0 Å². The maximum atomic E-state index is 13.1. The molecule has 2 aromatic carbocycles. The number of halogens is 1. The van der Waals surface area contributed by atoms with E-state index in [1.165, 1.54) is 25.0 Å². The lowest BCUT2D eigenvalue weighted by Gasteiger charge is -2.16. The van der Waals surface area contributed by atoms with E-state index >= 15 is 0 Å². The lowest BCUT2D eigenvalue weighted by Crippen LogP contribution is -2.28. The number of nitrogens with one attached hydrogen (secondary N) is 1. The number of carbonyl (C=O) groups is 1. The molecule has 0 aliphatic heterocycles. The number of benzene rings is 2. The van der Waals surface area contributed by atoms with Crippen LogP contribution in [-0.2, 0) is 0 Å². The van der Waals surface area contributed by atoms with E-state index in [2.05, 4.69) is 5.32 Å². The normalized spacial score (nSPS) is 14.0. The number of methoxy groups -OCH3 is 1. The Morgan fingerprint density at radius 1 is 1.15 bits per heavy atom. The van der Waals surface area contributed by atoms with Gasteiger partial charge in [-0.3, -0.25) is 4.79 Å². The maximum absolute atomic E-state index is 13.1. The summed E-state index contributed by atoms with van der Waals surface area (Å²) >= 11 is 0. The second kappa shape index (κ2) is 9.26. The first-order valence-electron chi connectivity index (χ1n) is 9.17. The molecule has 0 unspecified atom stereocenters. The van der Waals surface area contributed by atoms with Crippen molar-refractivity contribution < 1.29 is 23.4 Å². The Bertz CT molecular complexity index is 775. The van der Waals surface area contributed by atoms with Gasteiger partial charge in [0.2, 0.25) is 0 Å². The molecule has 0 bridgehead atoms. The molecule has 0 atom stereocenters. The number of hydrogen-bond donors (Lipinski definition) is 1. The van der Waals surface area contributed by atoms with E-state index in [1.54, 1.807) is 37.4 Å². The molecule has 2 aromatic rings. The van der Waals surface area contributed by atoms with Crippen molar-refractivity contribution in [2.75, 3.05) is 20.3 Å². The second-order valence-electron chi connectivity index (χ2n) is 6.45. The average molecular weight is 373 g/mol. The fourth-order valence-electron chi connectivity index (χ4n) is 3.08. The molecule has 5 nitrogen and oxygen atoms in total. The highest BCUT2D eigenvalue weighted by Gasteiger charge is 2.19. The van der Waals surface area contributed by atoms with Gasteiger partial charge in [-0.1, -0.05) is 6.07 Å². The predicted octanol–water partition coefficient (Wildman–Crippen LogP) is 3.96. The molecule has 1 N–H and O–H groups in total. The Morgan fingerprint density at radius 2 is 1.96 bits per heavy atom. The van der Waals surface area contributed by atoms with Crippen molar-refractivity contribution in [2.45, 2.75) is 31.8 Å². The van der Waals surface area contributed by atoms with Crippen LogP contribution in [0, 0.1) is 5.82 Å². The molecule has 27 heavy (non-hydrogen) atoms. The van der Waals surface area contributed by atoms with Crippen LogP contribution < -0.4 is 19.5 Å². The van der Waals surface area contributed by atoms with Gasteiger partial charge >= 0.3 is 0 Å². The summed E-state index contributed by atoms with van der Waals surface area (Å²) in [6.45, 7) is 0.549. The summed E-state index contributed by atoms with van der Waals surface area (Å²) < 4.78 is 29.9. The van der Waals surface area contributed by atoms with Gasteiger partial charge in [0.15, 0.2) is 11.5 Å². The van der Waals surface area contributed by atoms with E-state index in [1.807, 2.05) is 0 Å². The third-order valence-corrected chi connectivity index (χ3v) is 4.47. The van der Waals surface area contributed by atoms with E-state index in [0.29, 0.717) is 29.4 Å². The van der Waals surface area contributed by atoms with Gasteiger partial charge in [-0.25, -0.2) is 4.39 Å². The van der Waals surface area contributed by atoms with Gasteiger partial charge < -0.3 is 19.5 Å². The molecule has 1 amide bonds. The summed E-state index contributed by atoms with van der Waals surface area (Å²) in [6, 6.07) is 11.1. The van der Waals surface area contributed by atoms with Crippen molar-refractivity contribution in [3.63, 3.8) is 0 Å². The highest BCUT2D eigenvalue weighted by molar-refractivity contribution is 5.94. The van der Waals surface area contributed by atoms with Crippen LogP contribution in [0.25, 0.3) is 0 Å². The summed E-state index contributed by atoms with van der Waals surface area (Å²) in [5.74, 6) is 1.05. The van der Waals surface area contributed by atoms with Crippen LogP contribution in [0.15, 0.2) is 42.5 Å². The Hall–Kier alpha value is -2.76. The third-order valence-electron chi connectivity index (χ3n) is 4.47. The summed E-state index contributed by atoms with van der Waals surface area (Å²) in [5, 5.41) is 2.77. The molecule has 0 aromatic heterocycles. The van der Waals surface area contributed by atoms with E-state index in [9.17, 15) is 9.18 Å². The molecular formula is C21H24FNO4. The smallest absolute Gasteiger partial charge is 0.251 e. The SMILES string of the molecule is COc1cc(C(=O)NCCOc2cccc(F)c2)ccc1OC1CCCC1. The molecule has 1 fully saturated rings. The highest BCUT2D eigenvalue weighted by Crippen LogP contribution is 2.32. The Morgan fingerprint density at radius 3 is 2.70 bits per heavy atom. The van der Waals surface area contributed by atoms with Crippen molar-refractivity contribution in [2.24, 2.45) is 0 Å². The monoisotopic (exact) mass is 373 g/mol. The number of hydrogen-bond acceptors (Lipinski definition) is 4. The minimum absolute atomic E-state index is 0.221. The van der Waals surface area contributed by atoms with Gasteiger partial charge in [0.05, 0.1) is 19.8 Å². The molecule has 3 rings (SSSR count). The van der Waals surface area contributed by atoms with Crippen molar-refractivity contribution in [3.05, 3.63) is 53.8 Å². The first-order valence-corrected chi connectivity index (χ1v) is 9.17. The molecule has 1 aliphatic carbocycles. The van der Waals surface area contributed by atoms with Crippen LogP contribution in [-0.4, -0.2) is 32.3 Å². The lowest BCUT2D eigenvalue weighted by molar-refractivity contribution is 0.0946. The molecule has 1 aliphatic rings. The maximum Gasteiger partial charge on any atom is 0.251 e. The van der Waals surface area contributed by atoms with E-state index in [-0.39, 0.29) is 24.4 Å². The number of ether oxygens (including phenoxy) is 3. The molecule has 1 saturated carbocycles. The molecule has 144 valence electrons. The first-order chi connectivity index (χ1) is 13.2. The van der Waals surface area contributed by atoms with Gasteiger partial charge in [-0.2, -0.15) is 0 Å². The van der Waals surface area contributed by atoms with Crippen molar-refractivity contribution in [3.8, 4) is 17.2 Å². The molecule has 0 heterocycles. The second-order valence-corrected chi connectivity index (χ2v) is 6.45. The van der Waals surface area contributed by atoms with Gasteiger partial charge in [-0.15, -0.1) is 0 Å². The zero-order valence-corrected chi connectivity index (χ0v) is 15.4. The largest absolute Gasteiger partial charge is 0.493 e. The average Bonchev–Trinajstić information content (AvgIpc) is 3.18. The minimum Gasteiger partial charge on any atom is -0.493 e. The van der Waals surface area contributed by atoms with Crippen molar-refractivity contribution in [1.82, 2.24) is 5.32 Å². The molecule has 0 radical (unpaired) electrons. The first kappa shape index (κ1) is 19.0. The van der Waals surface area contributed by atoms with Crippen LogP contribution in [0.4, 0.5) is 4.39 Å².